The Morgan fingerprint density at radius 1 is 1.11 bits per heavy atom. The van der Waals surface area contributed by atoms with Crippen LogP contribution in [0, 0.1) is 12.8 Å². The molecule has 0 bridgehead atoms. The van der Waals surface area contributed by atoms with Gasteiger partial charge in [0, 0.05) is 0 Å². The van der Waals surface area contributed by atoms with Gasteiger partial charge < -0.3 is 14.8 Å². The minimum Gasteiger partial charge on any atom is -0.493 e. The highest BCUT2D eigenvalue weighted by atomic mass is 16.5. The van der Waals surface area contributed by atoms with Crippen LogP contribution in [0.15, 0.2) is 12.1 Å². The van der Waals surface area contributed by atoms with E-state index in [4.69, 9.17) is 9.47 Å². The Labute approximate surface area is 116 Å². The highest BCUT2D eigenvalue weighted by Crippen LogP contribution is 2.31. The van der Waals surface area contributed by atoms with E-state index in [1.54, 1.807) is 14.2 Å². The van der Waals surface area contributed by atoms with Gasteiger partial charge in [-0.15, -0.1) is 0 Å². The number of benzene rings is 1. The fraction of sp³-hybridized carbons (Fsp3) is 0.625. The lowest BCUT2D eigenvalue weighted by Gasteiger charge is -2.23. The first-order valence-corrected chi connectivity index (χ1v) is 7.16. The SMILES string of the molecule is COc1cc(C)c(CCC2CCNCC2)cc1OC. The lowest BCUT2D eigenvalue weighted by molar-refractivity contribution is 0.349. The van der Waals surface area contributed by atoms with Crippen LogP contribution < -0.4 is 14.8 Å². The van der Waals surface area contributed by atoms with Crippen molar-refractivity contribution in [2.24, 2.45) is 5.92 Å². The van der Waals surface area contributed by atoms with Crippen molar-refractivity contribution in [2.75, 3.05) is 27.3 Å². The molecule has 0 aromatic heterocycles. The van der Waals surface area contributed by atoms with Gasteiger partial charge >= 0.3 is 0 Å². The summed E-state index contributed by atoms with van der Waals surface area (Å²) in [6, 6.07) is 4.21. The van der Waals surface area contributed by atoms with E-state index >= 15 is 0 Å². The fourth-order valence-corrected chi connectivity index (χ4v) is 2.82. The molecule has 1 heterocycles. The molecule has 1 aliphatic heterocycles. The summed E-state index contributed by atoms with van der Waals surface area (Å²) >= 11 is 0. The van der Waals surface area contributed by atoms with Crippen molar-refractivity contribution in [1.29, 1.82) is 0 Å². The second-order valence-corrected chi connectivity index (χ2v) is 5.37. The molecule has 3 nitrogen and oxygen atoms in total. The third-order valence-corrected chi connectivity index (χ3v) is 4.12. The van der Waals surface area contributed by atoms with Gasteiger partial charge in [0.15, 0.2) is 11.5 Å². The molecule has 0 aliphatic carbocycles. The van der Waals surface area contributed by atoms with Crippen LogP contribution >= 0.6 is 0 Å². The summed E-state index contributed by atoms with van der Waals surface area (Å²) in [4.78, 5) is 0. The number of hydrogen-bond acceptors (Lipinski definition) is 3. The maximum Gasteiger partial charge on any atom is 0.161 e. The average Bonchev–Trinajstić information content (AvgIpc) is 2.46. The molecule has 1 aliphatic rings. The molecule has 0 atom stereocenters. The minimum atomic E-state index is 0.825. The van der Waals surface area contributed by atoms with Crippen LogP contribution in [0.4, 0.5) is 0 Å². The Balaban J connectivity index is 2.02. The second-order valence-electron chi connectivity index (χ2n) is 5.37. The maximum absolute atomic E-state index is 5.39. The molecule has 1 N–H and O–H groups in total. The van der Waals surface area contributed by atoms with Gasteiger partial charge in [-0.1, -0.05) is 0 Å². The third-order valence-electron chi connectivity index (χ3n) is 4.12. The highest BCUT2D eigenvalue weighted by molar-refractivity contribution is 5.47. The summed E-state index contributed by atoms with van der Waals surface area (Å²) in [5, 5.41) is 3.42. The van der Waals surface area contributed by atoms with E-state index in [2.05, 4.69) is 24.4 Å². The van der Waals surface area contributed by atoms with Crippen LogP contribution in [0.1, 0.15) is 30.4 Å². The Morgan fingerprint density at radius 2 is 1.74 bits per heavy atom. The second kappa shape index (κ2) is 6.80. The number of methoxy groups -OCH3 is 2. The number of piperidine rings is 1. The lowest BCUT2D eigenvalue weighted by atomic mass is 9.90. The van der Waals surface area contributed by atoms with E-state index in [0.29, 0.717) is 0 Å². The van der Waals surface area contributed by atoms with Crippen molar-refractivity contribution in [3.8, 4) is 11.5 Å². The quantitative estimate of drug-likeness (QED) is 0.886. The van der Waals surface area contributed by atoms with Crippen molar-refractivity contribution in [1.82, 2.24) is 5.32 Å². The Bertz CT molecular complexity index is 411. The van der Waals surface area contributed by atoms with E-state index in [0.717, 1.165) is 23.8 Å². The normalized spacial score (nSPS) is 16.4. The topological polar surface area (TPSA) is 30.5 Å². The molecule has 1 aromatic rings. The predicted molar refractivity (Wildman–Crippen MR) is 78.2 cm³/mol. The van der Waals surface area contributed by atoms with Gasteiger partial charge in [0.05, 0.1) is 14.2 Å². The molecule has 2 rings (SSSR count). The zero-order chi connectivity index (χ0) is 13.7. The maximum atomic E-state index is 5.39. The first-order chi connectivity index (χ1) is 9.24. The van der Waals surface area contributed by atoms with Crippen LogP contribution in [0.3, 0.4) is 0 Å². The van der Waals surface area contributed by atoms with Gasteiger partial charge in [-0.25, -0.2) is 0 Å². The van der Waals surface area contributed by atoms with Crippen LogP contribution in [0.2, 0.25) is 0 Å². The van der Waals surface area contributed by atoms with Crippen molar-refractivity contribution in [2.45, 2.75) is 32.6 Å². The summed E-state index contributed by atoms with van der Waals surface area (Å²) in [5.74, 6) is 2.53. The molecule has 1 saturated heterocycles. The first kappa shape index (κ1) is 14.2. The summed E-state index contributed by atoms with van der Waals surface area (Å²) in [5.41, 5.74) is 2.68. The Morgan fingerprint density at radius 3 is 2.37 bits per heavy atom. The largest absolute Gasteiger partial charge is 0.493 e. The van der Waals surface area contributed by atoms with Crippen molar-refractivity contribution in [3.05, 3.63) is 23.3 Å². The van der Waals surface area contributed by atoms with Crippen LogP contribution in [-0.2, 0) is 6.42 Å². The van der Waals surface area contributed by atoms with Gasteiger partial charge in [-0.3, -0.25) is 0 Å². The molecular formula is C16H25NO2. The minimum absolute atomic E-state index is 0.825. The van der Waals surface area contributed by atoms with E-state index in [1.165, 1.54) is 43.5 Å². The van der Waals surface area contributed by atoms with E-state index in [9.17, 15) is 0 Å². The molecule has 0 unspecified atom stereocenters. The molecule has 19 heavy (non-hydrogen) atoms. The van der Waals surface area contributed by atoms with Gasteiger partial charge in [0.2, 0.25) is 0 Å². The molecule has 0 amide bonds. The number of nitrogens with one attached hydrogen (secondary N) is 1. The molecule has 0 radical (unpaired) electrons. The number of ether oxygens (including phenoxy) is 2. The zero-order valence-electron chi connectivity index (χ0n) is 12.3. The van der Waals surface area contributed by atoms with Crippen LogP contribution in [-0.4, -0.2) is 27.3 Å². The molecule has 106 valence electrons. The fourth-order valence-electron chi connectivity index (χ4n) is 2.82. The monoisotopic (exact) mass is 263 g/mol. The van der Waals surface area contributed by atoms with Gasteiger partial charge in [-0.05, 0) is 74.9 Å². The molecule has 1 aromatic carbocycles. The highest BCUT2D eigenvalue weighted by Gasteiger charge is 2.14. The Kier molecular flexibility index (Phi) is 5.08. The standard InChI is InChI=1S/C16H25NO2/c1-12-10-15(18-2)16(19-3)11-14(12)5-4-13-6-8-17-9-7-13/h10-11,13,17H,4-9H2,1-3H3. The molecule has 1 fully saturated rings. The molecule has 0 spiro atoms. The summed E-state index contributed by atoms with van der Waals surface area (Å²) in [6.07, 6.45) is 5.04. The van der Waals surface area contributed by atoms with Crippen molar-refractivity contribution >= 4 is 0 Å². The van der Waals surface area contributed by atoms with Gasteiger partial charge in [0.1, 0.15) is 0 Å². The molecular weight excluding hydrogens is 238 g/mol. The van der Waals surface area contributed by atoms with E-state index in [1.807, 2.05) is 0 Å². The smallest absolute Gasteiger partial charge is 0.161 e. The van der Waals surface area contributed by atoms with Crippen LogP contribution in [0.5, 0.6) is 11.5 Å². The summed E-state index contributed by atoms with van der Waals surface area (Å²) in [7, 11) is 3.38. The first-order valence-electron chi connectivity index (χ1n) is 7.16. The van der Waals surface area contributed by atoms with Crippen molar-refractivity contribution < 1.29 is 9.47 Å². The summed E-state index contributed by atoms with van der Waals surface area (Å²) in [6.45, 7) is 4.50. The third kappa shape index (κ3) is 3.63. The number of rotatable bonds is 5. The van der Waals surface area contributed by atoms with E-state index < -0.39 is 0 Å². The molecule has 3 heteroatoms. The van der Waals surface area contributed by atoms with Crippen molar-refractivity contribution in [3.63, 3.8) is 0 Å². The van der Waals surface area contributed by atoms with Crippen LogP contribution in [0.25, 0.3) is 0 Å². The number of aryl methyl sites for hydroxylation is 2. The Hall–Kier alpha value is -1.22. The average molecular weight is 263 g/mol. The van der Waals surface area contributed by atoms with Gasteiger partial charge in [0.25, 0.3) is 0 Å². The summed E-state index contributed by atoms with van der Waals surface area (Å²) < 4.78 is 10.7. The molecule has 0 saturated carbocycles. The van der Waals surface area contributed by atoms with Gasteiger partial charge in [-0.2, -0.15) is 0 Å². The number of hydrogen-bond donors (Lipinski definition) is 1. The van der Waals surface area contributed by atoms with E-state index in [-0.39, 0.29) is 0 Å². The predicted octanol–water partition coefficient (Wildman–Crippen LogP) is 2.94. The zero-order valence-corrected chi connectivity index (χ0v) is 12.3. The lowest BCUT2D eigenvalue weighted by Crippen LogP contribution is -2.27.